The van der Waals surface area contributed by atoms with E-state index in [0.29, 0.717) is 6.54 Å². The lowest BCUT2D eigenvalue weighted by Gasteiger charge is -2.09. The van der Waals surface area contributed by atoms with Crippen LogP contribution in [-0.2, 0) is 19.4 Å². The second-order valence-electron chi connectivity index (χ2n) is 4.59. The van der Waals surface area contributed by atoms with Crippen LogP contribution in [0.3, 0.4) is 0 Å². The zero-order chi connectivity index (χ0) is 14.9. The van der Waals surface area contributed by atoms with Crippen molar-refractivity contribution in [1.29, 1.82) is 0 Å². The summed E-state index contributed by atoms with van der Waals surface area (Å²) < 4.78 is 10.5. The number of aliphatic imine (C=N–C) groups is 1. The van der Waals surface area contributed by atoms with Gasteiger partial charge in [0.15, 0.2) is 11.7 Å². The molecule has 0 bridgehead atoms. The van der Waals surface area contributed by atoms with Crippen LogP contribution in [0.15, 0.2) is 38.4 Å². The maximum absolute atomic E-state index is 5.30. The zero-order valence-electron chi connectivity index (χ0n) is 13.0. The molecule has 0 spiro atoms. The van der Waals surface area contributed by atoms with Crippen LogP contribution in [0.2, 0.25) is 0 Å². The van der Waals surface area contributed by atoms with Crippen molar-refractivity contribution in [3.05, 3.63) is 41.7 Å². The summed E-state index contributed by atoms with van der Waals surface area (Å²) in [5.74, 6) is 2.50. The fourth-order valence-electron chi connectivity index (χ4n) is 1.85. The third kappa shape index (κ3) is 6.08. The first kappa shape index (κ1) is 18.5. The normalized spacial score (nSPS) is 11.1. The Balaban J connectivity index is 0.00000242. The first-order chi connectivity index (χ1) is 10.3. The minimum atomic E-state index is 0. The van der Waals surface area contributed by atoms with E-state index in [2.05, 4.69) is 20.8 Å². The summed E-state index contributed by atoms with van der Waals surface area (Å²) in [5, 5.41) is 10.4. The lowest BCUT2D eigenvalue weighted by molar-refractivity contribution is 0.379. The molecule has 0 saturated carbocycles. The van der Waals surface area contributed by atoms with Crippen LogP contribution in [-0.4, -0.2) is 24.2 Å². The summed E-state index contributed by atoms with van der Waals surface area (Å²) in [6.45, 7) is 6.13. The lowest BCUT2D eigenvalue weighted by atomic mass is 10.3. The van der Waals surface area contributed by atoms with E-state index in [0.717, 1.165) is 49.1 Å². The molecule has 2 aromatic heterocycles. The molecular formula is C15H23IN4O2. The first-order valence-corrected chi connectivity index (χ1v) is 7.30. The Bertz CT molecular complexity index is 552. The molecule has 7 heteroatoms. The van der Waals surface area contributed by atoms with Gasteiger partial charge in [-0.15, -0.1) is 24.0 Å². The molecule has 2 N–H and O–H groups in total. The third-order valence-electron chi connectivity index (χ3n) is 2.95. The van der Waals surface area contributed by atoms with Crippen LogP contribution in [0.25, 0.3) is 0 Å². The molecule has 0 amide bonds. The van der Waals surface area contributed by atoms with Crippen molar-refractivity contribution in [1.82, 2.24) is 15.8 Å². The molecule has 0 saturated heterocycles. The number of furan rings is 1. The van der Waals surface area contributed by atoms with Gasteiger partial charge in [-0.1, -0.05) is 12.1 Å². The smallest absolute Gasteiger partial charge is 0.191 e. The Morgan fingerprint density at radius 2 is 2.14 bits per heavy atom. The third-order valence-corrected chi connectivity index (χ3v) is 2.95. The summed E-state index contributed by atoms with van der Waals surface area (Å²) in [5.41, 5.74) is 0.955. The Morgan fingerprint density at radius 3 is 2.77 bits per heavy atom. The van der Waals surface area contributed by atoms with Gasteiger partial charge in [0.05, 0.1) is 12.0 Å². The summed E-state index contributed by atoms with van der Waals surface area (Å²) >= 11 is 0. The van der Waals surface area contributed by atoms with Gasteiger partial charge in [0.2, 0.25) is 0 Å². The topological polar surface area (TPSA) is 75.6 Å². The summed E-state index contributed by atoms with van der Waals surface area (Å²) in [6.07, 6.45) is 3.37. The number of hydrogen-bond donors (Lipinski definition) is 2. The monoisotopic (exact) mass is 418 g/mol. The predicted molar refractivity (Wildman–Crippen MR) is 96.5 cm³/mol. The molecule has 0 atom stereocenters. The molecule has 6 nitrogen and oxygen atoms in total. The summed E-state index contributed by atoms with van der Waals surface area (Å²) in [6, 6.07) is 5.80. The van der Waals surface area contributed by atoms with Gasteiger partial charge in [0, 0.05) is 25.6 Å². The highest BCUT2D eigenvalue weighted by Crippen LogP contribution is 2.05. The molecule has 0 aliphatic heterocycles. The standard InChI is InChI=1S/C15H22N4O2.HI/c1-3-12-10-14(21-19-12)11-18-15(16-4-2)17-8-7-13-6-5-9-20-13;/h5-6,9-10H,3-4,7-8,11H2,1-2H3,(H2,16,17,18);1H. The molecular weight excluding hydrogens is 395 g/mol. The predicted octanol–water partition coefficient (Wildman–Crippen LogP) is 2.75. The largest absolute Gasteiger partial charge is 0.469 e. The average Bonchev–Trinajstić information content (AvgIpc) is 3.16. The first-order valence-electron chi connectivity index (χ1n) is 7.30. The molecule has 0 unspecified atom stereocenters. The minimum absolute atomic E-state index is 0. The number of aryl methyl sites for hydroxylation is 1. The van der Waals surface area contributed by atoms with E-state index in [1.807, 2.05) is 32.0 Å². The van der Waals surface area contributed by atoms with Crippen LogP contribution >= 0.6 is 24.0 Å². The van der Waals surface area contributed by atoms with Gasteiger partial charge in [-0.05, 0) is 25.5 Å². The Hall–Kier alpha value is -1.51. The number of hydrogen-bond acceptors (Lipinski definition) is 4. The Kier molecular flexibility index (Phi) is 8.64. The molecule has 2 aromatic rings. The van der Waals surface area contributed by atoms with E-state index in [1.54, 1.807) is 6.26 Å². The van der Waals surface area contributed by atoms with Gasteiger partial charge in [-0.3, -0.25) is 0 Å². The van der Waals surface area contributed by atoms with Crippen molar-refractivity contribution in [2.24, 2.45) is 4.99 Å². The van der Waals surface area contributed by atoms with Gasteiger partial charge >= 0.3 is 0 Å². The number of rotatable bonds is 7. The quantitative estimate of drug-likeness (QED) is 0.411. The maximum atomic E-state index is 5.30. The van der Waals surface area contributed by atoms with Crippen LogP contribution in [0, 0.1) is 0 Å². The molecule has 0 fully saturated rings. The van der Waals surface area contributed by atoms with E-state index in [4.69, 9.17) is 8.94 Å². The fraction of sp³-hybridized carbons (Fsp3) is 0.467. The van der Waals surface area contributed by atoms with E-state index in [9.17, 15) is 0 Å². The van der Waals surface area contributed by atoms with Gasteiger partial charge in [0.25, 0.3) is 0 Å². The van der Waals surface area contributed by atoms with Crippen molar-refractivity contribution in [3.8, 4) is 0 Å². The molecule has 22 heavy (non-hydrogen) atoms. The summed E-state index contributed by atoms with van der Waals surface area (Å²) in [7, 11) is 0. The van der Waals surface area contributed by atoms with Gasteiger partial charge < -0.3 is 19.6 Å². The number of aromatic nitrogens is 1. The van der Waals surface area contributed by atoms with Crippen LogP contribution < -0.4 is 10.6 Å². The Morgan fingerprint density at radius 1 is 1.27 bits per heavy atom. The summed E-state index contributed by atoms with van der Waals surface area (Å²) in [4.78, 5) is 4.48. The van der Waals surface area contributed by atoms with E-state index in [1.165, 1.54) is 0 Å². The minimum Gasteiger partial charge on any atom is -0.469 e. The van der Waals surface area contributed by atoms with Gasteiger partial charge in [-0.2, -0.15) is 0 Å². The molecule has 0 radical (unpaired) electrons. The van der Waals surface area contributed by atoms with Crippen molar-refractivity contribution in [3.63, 3.8) is 0 Å². The van der Waals surface area contributed by atoms with E-state index in [-0.39, 0.29) is 24.0 Å². The molecule has 0 aromatic carbocycles. The van der Waals surface area contributed by atoms with E-state index < -0.39 is 0 Å². The van der Waals surface area contributed by atoms with E-state index >= 15 is 0 Å². The van der Waals surface area contributed by atoms with Crippen LogP contribution in [0.4, 0.5) is 0 Å². The van der Waals surface area contributed by atoms with Gasteiger partial charge in [0.1, 0.15) is 12.3 Å². The Labute approximate surface area is 147 Å². The maximum Gasteiger partial charge on any atom is 0.191 e. The number of halogens is 1. The molecule has 122 valence electrons. The number of guanidine groups is 1. The molecule has 2 rings (SSSR count). The van der Waals surface area contributed by atoms with Gasteiger partial charge in [-0.25, -0.2) is 4.99 Å². The van der Waals surface area contributed by atoms with Crippen molar-refractivity contribution in [2.45, 2.75) is 33.2 Å². The molecule has 2 heterocycles. The molecule has 0 aliphatic carbocycles. The van der Waals surface area contributed by atoms with Crippen molar-refractivity contribution >= 4 is 29.9 Å². The number of nitrogens with zero attached hydrogens (tertiary/aromatic N) is 2. The van der Waals surface area contributed by atoms with Crippen molar-refractivity contribution in [2.75, 3.05) is 13.1 Å². The lowest BCUT2D eigenvalue weighted by Crippen LogP contribution is -2.38. The highest BCUT2D eigenvalue weighted by atomic mass is 127. The van der Waals surface area contributed by atoms with Crippen molar-refractivity contribution < 1.29 is 8.94 Å². The second kappa shape index (κ2) is 10.3. The van der Waals surface area contributed by atoms with Crippen LogP contribution in [0.1, 0.15) is 31.1 Å². The second-order valence-corrected chi connectivity index (χ2v) is 4.59. The molecule has 0 aliphatic rings. The average molecular weight is 418 g/mol. The zero-order valence-corrected chi connectivity index (χ0v) is 15.3. The number of nitrogens with one attached hydrogen (secondary N) is 2. The fourth-order valence-corrected chi connectivity index (χ4v) is 1.85. The SMILES string of the molecule is CCNC(=NCc1cc(CC)no1)NCCc1ccco1.I. The van der Waals surface area contributed by atoms with Crippen LogP contribution in [0.5, 0.6) is 0 Å². The highest BCUT2D eigenvalue weighted by molar-refractivity contribution is 14.0. The highest BCUT2D eigenvalue weighted by Gasteiger charge is 2.03.